The average Bonchev–Trinajstić information content (AvgIpc) is 3.18. The van der Waals surface area contributed by atoms with Gasteiger partial charge in [0.05, 0.1) is 6.54 Å². The van der Waals surface area contributed by atoms with Crippen LogP contribution in [0.5, 0.6) is 0 Å². The molecule has 26 heavy (non-hydrogen) atoms. The molecular formula is C21H25N3O2. The van der Waals surface area contributed by atoms with Crippen molar-refractivity contribution >= 4 is 23.2 Å². The molecule has 136 valence electrons. The van der Waals surface area contributed by atoms with Crippen molar-refractivity contribution in [3.05, 3.63) is 59.7 Å². The lowest BCUT2D eigenvalue weighted by Gasteiger charge is -2.20. The van der Waals surface area contributed by atoms with Crippen molar-refractivity contribution in [1.29, 1.82) is 0 Å². The molecule has 1 saturated heterocycles. The lowest BCUT2D eigenvalue weighted by atomic mass is 10.1. The smallest absolute Gasteiger partial charge is 0.254 e. The molecule has 0 bridgehead atoms. The minimum Gasteiger partial charge on any atom is -0.372 e. The van der Waals surface area contributed by atoms with E-state index in [2.05, 4.69) is 10.2 Å². The molecule has 0 aliphatic carbocycles. The summed E-state index contributed by atoms with van der Waals surface area (Å²) in [4.78, 5) is 28.6. The second-order valence-corrected chi connectivity index (χ2v) is 6.82. The van der Waals surface area contributed by atoms with E-state index >= 15 is 0 Å². The first kappa shape index (κ1) is 18.0. The molecule has 3 rings (SSSR count). The third-order valence-corrected chi connectivity index (χ3v) is 4.63. The summed E-state index contributed by atoms with van der Waals surface area (Å²) in [5, 5.41) is 2.82. The van der Waals surface area contributed by atoms with E-state index in [0.29, 0.717) is 5.56 Å². The van der Waals surface area contributed by atoms with Gasteiger partial charge in [-0.05, 0) is 50.1 Å². The van der Waals surface area contributed by atoms with Crippen molar-refractivity contribution in [1.82, 2.24) is 4.90 Å². The van der Waals surface area contributed by atoms with Gasteiger partial charge in [0, 0.05) is 37.1 Å². The fraction of sp³-hybridized carbons (Fsp3) is 0.333. The van der Waals surface area contributed by atoms with Gasteiger partial charge in [0.25, 0.3) is 5.91 Å². The molecule has 0 aromatic heterocycles. The monoisotopic (exact) mass is 351 g/mol. The molecule has 1 fully saturated rings. The van der Waals surface area contributed by atoms with Crippen LogP contribution in [0, 0.1) is 6.92 Å². The number of rotatable bonds is 5. The van der Waals surface area contributed by atoms with E-state index in [1.54, 1.807) is 13.1 Å². The van der Waals surface area contributed by atoms with Crippen LogP contribution in [0.15, 0.2) is 48.5 Å². The topological polar surface area (TPSA) is 52.7 Å². The molecule has 5 nitrogen and oxygen atoms in total. The summed E-state index contributed by atoms with van der Waals surface area (Å²) in [7, 11) is 1.65. The van der Waals surface area contributed by atoms with E-state index in [9.17, 15) is 9.59 Å². The van der Waals surface area contributed by atoms with E-state index in [1.807, 2.05) is 49.4 Å². The highest BCUT2D eigenvalue weighted by Crippen LogP contribution is 2.21. The van der Waals surface area contributed by atoms with Gasteiger partial charge in [-0.15, -0.1) is 0 Å². The highest BCUT2D eigenvalue weighted by atomic mass is 16.2. The summed E-state index contributed by atoms with van der Waals surface area (Å²) in [5.41, 5.74) is 3.55. The van der Waals surface area contributed by atoms with Crippen LogP contribution in [-0.4, -0.2) is 43.4 Å². The zero-order chi connectivity index (χ0) is 18.5. The second kappa shape index (κ2) is 8.04. The molecule has 1 heterocycles. The number of hydrogen-bond acceptors (Lipinski definition) is 3. The Bertz CT molecular complexity index is 780. The Hall–Kier alpha value is -2.82. The summed E-state index contributed by atoms with van der Waals surface area (Å²) < 4.78 is 0. The summed E-state index contributed by atoms with van der Waals surface area (Å²) in [5.74, 6) is -0.356. The van der Waals surface area contributed by atoms with Crippen LogP contribution >= 0.6 is 0 Å². The summed E-state index contributed by atoms with van der Waals surface area (Å²) >= 11 is 0. The standard InChI is InChI=1S/C21H25N3O2/c1-16-8-10-18(11-9-16)22-20(25)15-23(2)21(26)17-6-5-7-19(14-17)24-12-3-4-13-24/h5-11,14H,3-4,12-13,15H2,1-2H3,(H,22,25). The second-order valence-electron chi connectivity index (χ2n) is 6.82. The number of amides is 2. The SMILES string of the molecule is Cc1ccc(NC(=O)CN(C)C(=O)c2cccc(N3CCCC3)c2)cc1. The molecule has 1 N–H and O–H groups in total. The Morgan fingerprint density at radius 3 is 2.46 bits per heavy atom. The van der Waals surface area contributed by atoms with Crippen LogP contribution in [-0.2, 0) is 4.79 Å². The van der Waals surface area contributed by atoms with Crippen molar-refractivity contribution < 1.29 is 9.59 Å². The maximum Gasteiger partial charge on any atom is 0.254 e. The minimum atomic E-state index is -0.208. The predicted molar refractivity (Wildman–Crippen MR) is 105 cm³/mol. The first-order valence-electron chi connectivity index (χ1n) is 9.00. The molecule has 0 spiro atoms. The first-order valence-corrected chi connectivity index (χ1v) is 9.00. The molecule has 2 amide bonds. The largest absolute Gasteiger partial charge is 0.372 e. The fourth-order valence-electron chi connectivity index (χ4n) is 3.16. The molecule has 0 unspecified atom stereocenters. The highest BCUT2D eigenvalue weighted by molar-refractivity contribution is 5.99. The Morgan fingerprint density at radius 1 is 1.08 bits per heavy atom. The molecule has 2 aromatic carbocycles. The van der Waals surface area contributed by atoms with Crippen molar-refractivity contribution in [2.75, 3.05) is 36.9 Å². The van der Waals surface area contributed by atoms with Gasteiger partial charge in [-0.1, -0.05) is 23.8 Å². The summed E-state index contributed by atoms with van der Waals surface area (Å²) in [6.45, 7) is 4.08. The Labute approximate surface area is 154 Å². The lowest BCUT2D eigenvalue weighted by Crippen LogP contribution is -2.35. The van der Waals surface area contributed by atoms with E-state index in [-0.39, 0.29) is 18.4 Å². The average molecular weight is 351 g/mol. The fourth-order valence-corrected chi connectivity index (χ4v) is 3.16. The quantitative estimate of drug-likeness (QED) is 0.899. The van der Waals surface area contributed by atoms with Crippen LogP contribution in [0.2, 0.25) is 0 Å². The molecule has 0 radical (unpaired) electrons. The maximum absolute atomic E-state index is 12.7. The Balaban J connectivity index is 1.61. The number of likely N-dealkylation sites (N-methyl/N-ethyl adjacent to an activating group) is 1. The molecular weight excluding hydrogens is 326 g/mol. The van der Waals surface area contributed by atoms with Crippen molar-refractivity contribution in [3.8, 4) is 0 Å². The van der Waals surface area contributed by atoms with Crippen LogP contribution in [0.3, 0.4) is 0 Å². The molecule has 2 aromatic rings. The predicted octanol–water partition coefficient (Wildman–Crippen LogP) is 3.31. The van der Waals surface area contributed by atoms with Gasteiger partial charge in [-0.2, -0.15) is 0 Å². The van der Waals surface area contributed by atoms with Gasteiger partial charge < -0.3 is 15.1 Å². The lowest BCUT2D eigenvalue weighted by molar-refractivity contribution is -0.116. The molecule has 5 heteroatoms. The van der Waals surface area contributed by atoms with Crippen LogP contribution in [0.25, 0.3) is 0 Å². The van der Waals surface area contributed by atoms with Gasteiger partial charge >= 0.3 is 0 Å². The normalized spacial score (nSPS) is 13.5. The van der Waals surface area contributed by atoms with E-state index in [4.69, 9.17) is 0 Å². The van der Waals surface area contributed by atoms with Gasteiger partial charge in [0.15, 0.2) is 0 Å². The van der Waals surface area contributed by atoms with Crippen LogP contribution in [0.1, 0.15) is 28.8 Å². The number of anilines is 2. The first-order chi connectivity index (χ1) is 12.5. The van der Waals surface area contributed by atoms with Crippen LogP contribution < -0.4 is 10.2 Å². The molecule has 1 aliphatic heterocycles. The van der Waals surface area contributed by atoms with Crippen molar-refractivity contribution in [2.45, 2.75) is 19.8 Å². The van der Waals surface area contributed by atoms with Crippen LogP contribution in [0.4, 0.5) is 11.4 Å². The summed E-state index contributed by atoms with van der Waals surface area (Å²) in [6, 6.07) is 15.2. The number of nitrogens with one attached hydrogen (secondary N) is 1. The highest BCUT2D eigenvalue weighted by Gasteiger charge is 2.18. The number of carbonyl (C=O) groups is 2. The number of aryl methyl sites for hydroxylation is 1. The zero-order valence-corrected chi connectivity index (χ0v) is 15.4. The van der Waals surface area contributed by atoms with E-state index < -0.39 is 0 Å². The molecule has 1 aliphatic rings. The third-order valence-electron chi connectivity index (χ3n) is 4.63. The summed E-state index contributed by atoms with van der Waals surface area (Å²) in [6.07, 6.45) is 2.38. The zero-order valence-electron chi connectivity index (χ0n) is 15.4. The minimum absolute atomic E-state index is 0.0145. The van der Waals surface area contributed by atoms with Gasteiger partial charge in [-0.25, -0.2) is 0 Å². The number of carbonyl (C=O) groups excluding carboxylic acids is 2. The van der Waals surface area contributed by atoms with E-state index in [0.717, 1.165) is 30.0 Å². The van der Waals surface area contributed by atoms with Gasteiger partial charge in [0.2, 0.25) is 5.91 Å². The number of benzene rings is 2. The Morgan fingerprint density at radius 2 is 1.77 bits per heavy atom. The van der Waals surface area contributed by atoms with Gasteiger partial charge in [0.1, 0.15) is 0 Å². The Kier molecular flexibility index (Phi) is 5.56. The maximum atomic E-state index is 12.7. The van der Waals surface area contributed by atoms with Crippen molar-refractivity contribution in [3.63, 3.8) is 0 Å². The molecule has 0 saturated carbocycles. The van der Waals surface area contributed by atoms with Crippen molar-refractivity contribution in [2.24, 2.45) is 0 Å². The molecule has 0 atom stereocenters. The third kappa shape index (κ3) is 4.42. The number of hydrogen-bond donors (Lipinski definition) is 1. The van der Waals surface area contributed by atoms with Gasteiger partial charge in [-0.3, -0.25) is 9.59 Å². The number of nitrogens with zero attached hydrogens (tertiary/aromatic N) is 2. The van der Waals surface area contributed by atoms with E-state index in [1.165, 1.54) is 17.7 Å².